The van der Waals surface area contributed by atoms with Gasteiger partial charge in [-0.2, -0.15) is 5.10 Å². The first-order valence-corrected chi connectivity index (χ1v) is 9.81. The van der Waals surface area contributed by atoms with Gasteiger partial charge in [-0.25, -0.2) is 9.59 Å². The number of carbonyl (C=O) groups excluding carboxylic acids is 2. The second kappa shape index (κ2) is 8.33. The van der Waals surface area contributed by atoms with Crippen LogP contribution in [0.3, 0.4) is 0 Å². The van der Waals surface area contributed by atoms with Crippen LogP contribution in [0.4, 0.5) is 21.0 Å². The number of piperidine rings is 1. The molecule has 2 aliphatic rings. The molecule has 1 aromatic heterocycles. The predicted octanol–water partition coefficient (Wildman–Crippen LogP) is 3.32. The zero-order valence-electron chi connectivity index (χ0n) is 15.8. The Balaban J connectivity index is 1.45. The quantitative estimate of drug-likeness (QED) is 0.859. The van der Waals surface area contributed by atoms with E-state index in [1.807, 2.05) is 46.1 Å². The number of carbonyl (C=O) groups is 2. The molecule has 0 spiro atoms. The van der Waals surface area contributed by atoms with Crippen LogP contribution in [-0.4, -0.2) is 52.5 Å². The molecule has 148 valence electrons. The number of rotatable bonds is 5. The number of nitrogens with zero attached hydrogens (tertiary/aromatic N) is 4. The first-order valence-electron chi connectivity index (χ1n) is 9.81. The Hall–Kier alpha value is -3.03. The number of benzene rings is 1. The lowest BCUT2D eigenvalue weighted by Crippen LogP contribution is -2.46. The maximum atomic E-state index is 13.0. The van der Waals surface area contributed by atoms with Gasteiger partial charge in [-0.1, -0.05) is 12.1 Å². The van der Waals surface area contributed by atoms with E-state index in [1.165, 1.54) is 0 Å². The van der Waals surface area contributed by atoms with E-state index in [-0.39, 0.29) is 18.2 Å². The van der Waals surface area contributed by atoms with Crippen molar-refractivity contribution in [3.8, 4) is 0 Å². The summed E-state index contributed by atoms with van der Waals surface area (Å²) in [5.74, 6) is 0. The molecule has 2 saturated heterocycles. The standard InChI is InChI=1S/C20H25N5O3/c26-19(22-17-7-1-2-8-18(17)25-14-15-28-20(25)27)24-12-4-3-6-16(24)9-13-23-11-5-10-21-23/h1-2,5,7-8,10-11,16H,3-4,6,9,12-15H2,(H,22,26). The van der Waals surface area contributed by atoms with Gasteiger partial charge < -0.3 is 15.0 Å². The largest absolute Gasteiger partial charge is 0.447 e. The minimum Gasteiger partial charge on any atom is -0.447 e. The van der Waals surface area contributed by atoms with Crippen molar-refractivity contribution in [2.24, 2.45) is 0 Å². The number of para-hydroxylation sites is 2. The highest BCUT2D eigenvalue weighted by Crippen LogP contribution is 2.29. The van der Waals surface area contributed by atoms with E-state index >= 15 is 0 Å². The maximum Gasteiger partial charge on any atom is 0.414 e. The molecule has 2 fully saturated rings. The van der Waals surface area contributed by atoms with Crippen LogP contribution in [-0.2, 0) is 11.3 Å². The number of amides is 3. The Morgan fingerprint density at radius 3 is 2.89 bits per heavy atom. The molecule has 1 aromatic carbocycles. The number of aromatic nitrogens is 2. The third-order valence-electron chi connectivity index (χ3n) is 5.34. The van der Waals surface area contributed by atoms with Gasteiger partial charge >= 0.3 is 12.1 Å². The van der Waals surface area contributed by atoms with Crippen LogP contribution in [0.25, 0.3) is 0 Å². The predicted molar refractivity (Wildman–Crippen MR) is 105 cm³/mol. The molecule has 1 N–H and O–H groups in total. The summed E-state index contributed by atoms with van der Waals surface area (Å²) in [4.78, 5) is 28.5. The number of urea groups is 1. The minimum atomic E-state index is -0.378. The lowest BCUT2D eigenvalue weighted by atomic mass is 10.00. The van der Waals surface area contributed by atoms with E-state index in [0.717, 1.165) is 38.8 Å². The lowest BCUT2D eigenvalue weighted by molar-refractivity contribution is 0.154. The number of cyclic esters (lactones) is 1. The molecule has 3 heterocycles. The van der Waals surface area contributed by atoms with Crippen molar-refractivity contribution in [2.45, 2.75) is 38.3 Å². The third-order valence-corrected chi connectivity index (χ3v) is 5.34. The molecule has 4 rings (SSSR count). The summed E-state index contributed by atoms with van der Waals surface area (Å²) in [6, 6.07) is 9.32. The Labute approximate surface area is 164 Å². The molecule has 3 amide bonds. The average Bonchev–Trinajstić information content (AvgIpc) is 3.39. The Morgan fingerprint density at radius 1 is 1.21 bits per heavy atom. The van der Waals surface area contributed by atoms with E-state index < -0.39 is 0 Å². The molecular weight excluding hydrogens is 358 g/mol. The smallest absolute Gasteiger partial charge is 0.414 e. The number of nitrogens with one attached hydrogen (secondary N) is 1. The monoisotopic (exact) mass is 383 g/mol. The van der Waals surface area contributed by atoms with Crippen LogP contribution >= 0.6 is 0 Å². The van der Waals surface area contributed by atoms with Crippen LogP contribution in [0, 0.1) is 0 Å². The third kappa shape index (κ3) is 3.95. The molecule has 2 aliphatic heterocycles. The van der Waals surface area contributed by atoms with Crippen molar-refractivity contribution in [3.05, 3.63) is 42.7 Å². The van der Waals surface area contributed by atoms with Crippen molar-refractivity contribution in [1.82, 2.24) is 14.7 Å². The maximum absolute atomic E-state index is 13.0. The van der Waals surface area contributed by atoms with Gasteiger partial charge in [-0.15, -0.1) is 0 Å². The van der Waals surface area contributed by atoms with Gasteiger partial charge in [0.2, 0.25) is 0 Å². The second-order valence-corrected chi connectivity index (χ2v) is 7.11. The molecule has 0 bridgehead atoms. The summed E-state index contributed by atoms with van der Waals surface area (Å²) < 4.78 is 6.94. The zero-order valence-corrected chi connectivity index (χ0v) is 15.8. The van der Waals surface area contributed by atoms with Crippen LogP contribution in [0.2, 0.25) is 0 Å². The number of likely N-dealkylation sites (tertiary alicyclic amines) is 1. The molecule has 2 aromatic rings. The van der Waals surface area contributed by atoms with Crippen LogP contribution in [0.5, 0.6) is 0 Å². The first kappa shape index (κ1) is 18.3. The zero-order chi connectivity index (χ0) is 19.3. The normalized spacial score (nSPS) is 19.6. The van der Waals surface area contributed by atoms with Gasteiger partial charge in [-0.05, 0) is 43.9 Å². The van der Waals surface area contributed by atoms with Crippen molar-refractivity contribution in [3.63, 3.8) is 0 Å². The van der Waals surface area contributed by atoms with E-state index in [0.29, 0.717) is 24.5 Å². The Kier molecular flexibility index (Phi) is 5.45. The van der Waals surface area contributed by atoms with Gasteiger partial charge in [0, 0.05) is 31.5 Å². The fraction of sp³-hybridized carbons (Fsp3) is 0.450. The summed E-state index contributed by atoms with van der Waals surface area (Å²) in [6.07, 6.45) is 7.33. The highest BCUT2D eigenvalue weighted by molar-refractivity contribution is 5.99. The summed E-state index contributed by atoms with van der Waals surface area (Å²) in [5.41, 5.74) is 1.30. The Morgan fingerprint density at radius 2 is 2.11 bits per heavy atom. The second-order valence-electron chi connectivity index (χ2n) is 7.11. The number of ether oxygens (including phenoxy) is 1. The first-order chi connectivity index (χ1) is 13.7. The van der Waals surface area contributed by atoms with Gasteiger partial charge in [0.1, 0.15) is 6.61 Å². The van der Waals surface area contributed by atoms with Gasteiger partial charge in [-0.3, -0.25) is 9.58 Å². The molecular formula is C20H25N5O3. The molecule has 8 heteroatoms. The van der Waals surface area contributed by atoms with E-state index in [4.69, 9.17) is 4.74 Å². The van der Waals surface area contributed by atoms with Crippen molar-refractivity contribution in [1.29, 1.82) is 0 Å². The summed E-state index contributed by atoms with van der Waals surface area (Å²) in [7, 11) is 0. The highest BCUT2D eigenvalue weighted by Gasteiger charge is 2.29. The summed E-state index contributed by atoms with van der Waals surface area (Å²) >= 11 is 0. The molecule has 1 atom stereocenters. The van der Waals surface area contributed by atoms with Crippen molar-refractivity contribution >= 4 is 23.5 Å². The van der Waals surface area contributed by atoms with Crippen molar-refractivity contribution in [2.75, 3.05) is 29.9 Å². The van der Waals surface area contributed by atoms with E-state index in [9.17, 15) is 9.59 Å². The molecule has 0 saturated carbocycles. The molecule has 0 aliphatic carbocycles. The van der Waals surface area contributed by atoms with Gasteiger partial charge in [0.05, 0.1) is 17.9 Å². The topological polar surface area (TPSA) is 79.7 Å². The average molecular weight is 383 g/mol. The molecule has 0 radical (unpaired) electrons. The molecule has 28 heavy (non-hydrogen) atoms. The minimum absolute atomic E-state index is 0.120. The van der Waals surface area contributed by atoms with E-state index in [2.05, 4.69) is 10.4 Å². The number of aryl methyl sites for hydroxylation is 1. The van der Waals surface area contributed by atoms with Crippen molar-refractivity contribution < 1.29 is 14.3 Å². The number of hydrogen-bond donors (Lipinski definition) is 1. The Bertz CT molecular complexity index is 823. The number of anilines is 2. The lowest BCUT2D eigenvalue weighted by Gasteiger charge is -2.36. The van der Waals surface area contributed by atoms with Crippen LogP contribution < -0.4 is 10.2 Å². The number of hydrogen-bond acceptors (Lipinski definition) is 4. The van der Waals surface area contributed by atoms with Crippen LogP contribution in [0.1, 0.15) is 25.7 Å². The van der Waals surface area contributed by atoms with Crippen LogP contribution in [0.15, 0.2) is 42.7 Å². The van der Waals surface area contributed by atoms with Gasteiger partial charge in [0.25, 0.3) is 0 Å². The summed E-state index contributed by atoms with van der Waals surface area (Å²) in [6.45, 7) is 2.38. The molecule has 1 unspecified atom stereocenters. The van der Waals surface area contributed by atoms with Gasteiger partial charge in [0.15, 0.2) is 0 Å². The SMILES string of the molecule is O=C1OCCN1c1ccccc1NC(=O)N1CCCCC1CCn1cccn1. The van der Waals surface area contributed by atoms with E-state index in [1.54, 1.807) is 11.1 Å². The highest BCUT2D eigenvalue weighted by atomic mass is 16.6. The fourth-order valence-corrected chi connectivity index (χ4v) is 3.90. The summed E-state index contributed by atoms with van der Waals surface area (Å²) in [5, 5.41) is 7.27. The fourth-order valence-electron chi connectivity index (χ4n) is 3.90. The molecule has 8 nitrogen and oxygen atoms in total.